The van der Waals surface area contributed by atoms with E-state index in [1.54, 1.807) is 32.0 Å². The van der Waals surface area contributed by atoms with Crippen molar-refractivity contribution in [2.45, 2.75) is 26.2 Å². The zero-order valence-electron chi connectivity index (χ0n) is 15.7. The molecule has 0 amide bonds. The zero-order valence-corrected chi connectivity index (χ0v) is 16.4. The lowest BCUT2D eigenvalue weighted by Crippen LogP contribution is -2.34. The van der Waals surface area contributed by atoms with Gasteiger partial charge in [-0.1, -0.05) is 23.7 Å². The number of esters is 1. The highest BCUT2D eigenvalue weighted by atomic mass is 35.5. The number of phenolic OH excluding ortho intramolecular Hbond substituents is 1. The molecule has 0 aliphatic heterocycles. The molecule has 0 fully saturated rings. The van der Waals surface area contributed by atoms with E-state index in [2.05, 4.69) is 4.98 Å². The van der Waals surface area contributed by atoms with Gasteiger partial charge in [0, 0.05) is 21.6 Å². The number of hydrogen-bond donors (Lipinski definition) is 3. The molecule has 0 radical (unpaired) electrons. The number of carbonyl (C=O) groups excluding carboxylic acids is 1. The summed E-state index contributed by atoms with van der Waals surface area (Å²) in [7, 11) is 0. The van der Waals surface area contributed by atoms with Crippen molar-refractivity contribution < 1.29 is 24.5 Å². The Hall–Kier alpha value is -2.99. The number of hydrogen-bond acceptors (Lipinski definition) is 4. The second-order valence-electron chi connectivity index (χ2n) is 6.70. The van der Waals surface area contributed by atoms with E-state index in [0.717, 1.165) is 0 Å². The average molecular weight is 402 g/mol. The van der Waals surface area contributed by atoms with Crippen LogP contribution < -0.4 is 0 Å². The first-order valence-electron chi connectivity index (χ1n) is 8.72. The highest BCUT2D eigenvalue weighted by Gasteiger charge is 2.40. The minimum absolute atomic E-state index is 0.141. The number of H-pyrrole nitrogens is 1. The van der Waals surface area contributed by atoms with Crippen molar-refractivity contribution >= 4 is 34.4 Å². The monoisotopic (exact) mass is 401 g/mol. The SMILES string of the molecule is CCOC(=O)c1c(C)[nH]c2cccc(C(C)(C(=O)O)c3cc(O)cc(Cl)c3)c12. The number of aromatic nitrogens is 1. The first-order chi connectivity index (χ1) is 13.2. The number of benzene rings is 2. The fourth-order valence-corrected chi connectivity index (χ4v) is 3.74. The maximum atomic E-state index is 12.6. The van der Waals surface area contributed by atoms with Gasteiger partial charge >= 0.3 is 11.9 Å². The number of ether oxygens (including phenoxy) is 1. The molecule has 0 saturated carbocycles. The second kappa shape index (κ2) is 7.20. The first kappa shape index (κ1) is 19.8. The molecule has 28 heavy (non-hydrogen) atoms. The molecule has 0 aliphatic carbocycles. The number of aromatic amines is 1. The molecule has 1 heterocycles. The lowest BCUT2D eigenvalue weighted by atomic mass is 9.74. The summed E-state index contributed by atoms with van der Waals surface area (Å²) in [6.45, 7) is 5.16. The summed E-state index contributed by atoms with van der Waals surface area (Å²) in [5.74, 6) is -1.81. The van der Waals surface area contributed by atoms with Gasteiger partial charge in [0.05, 0.1) is 12.2 Å². The number of aromatic hydroxyl groups is 1. The van der Waals surface area contributed by atoms with E-state index in [-0.39, 0.29) is 17.4 Å². The molecule has 1 unspecified atom stereocenters. The number of carboxylic acids is 1. The lowest BCUT2D eigenvalue weighted by molar-refractivity contribution is -0.141. The fraction of sp³-hybridized carbons (Fsp3) is 0.238. The van der Waals surface area contributed by atoms with Crippen LogP contribution in [0, 0.1) is 6.92 Å². The van der Waals surface area contributed by atoms with E-state index in [4.69, 9.17) is 16.3 Å². The number of rotatable bonds is 5. The van der Waals surface area contributed by atoms with Crippen LogP contribution in [0.5, 0.6) is 5.75 Å². The van der Waals surface area contributed by atoms with Crippen molar-refractivity contribution in [2.24, 2.45) is 0 Å². The van der Waals surface area contributed by atoms with Crippen molar-refractivity contribution in [2.75, 3.05) is 6.61 Å². The molecule has 0 bridgehead atoms. The molecule has 2 aromatic carbocycles. The predicted octanol–water partition coefficient (Wildman–Crippen LogP) is 4.40. The minimum Gasteiger partial charge on any atom is -0.508 e. The third-order valence-electron chi connectivity index (χ3n) is 4.92. The summed E-state index contributed by atoms with van der Waals surface area (Å²) in [6.07, 6.45) is 0. The summed E-state index contributed by atoms with van der Waals surface area (Å²) >= 11 is 6.06. The van der Waals surface area contributed by atoms with Gasteiger partial charge in [-0.3, -0.25) is 4.79 Å². The number of nitrogens with one attached hydrogen (secondary N) is 1. The molecule has 6 nitrogen and oxygen atoms in total. The summed E-state index contributed by atoms with van der Waals surface area (Å²) < 4.78 is 5.18. The standard InChI is InChI=1S/C21H20ClNO5/c1-4-28-19(25)17-11(2)23-16-7-5-6-15(18(16)17)21(3,20(26)27)12-8-13(22)10-14(24)9-12/h5-10,23-24H,4H2,1-3H3,(H,26,27). The summed E-state index contributed by atoms with van der Waals surface area (Å²) in [6, 6.07) is 9.34. The van der Waals surface area contributed by atoms with Crippen LogP contribution in [-0.2, 0) is 14.9 Å². The van der Waals surface area contributed by atoms with E-state index in [1.807, 2.05) is 0 Å². The normalized spacial score (nSPS) is 13.3. The molecule has 3 rings (SSSR count). The maximum absolute atomic E-state index is 12.6. The number of carboxylic acid groups (broad SMARTS) is 1. The molecular formula is C21H20ClNO5. The molecule has 7 heteroatoms. The van der Waals surface area contributed by atoms with Crippen LogP contribution >= 0.6 is 11.6 Å². The van der Waals surface area contributed by atoms with Gasteiger partial charge in [-0.15, -0.1) is 0 Å². The van der Waals surface area contributed by atoms with Crippen LogP contribution in [0.15, 0.2) is 36.4 Å². The zero-order chi connectivity index (χ0) is 20.6. The predicted molar refractivity (Wildman–Crippen MR) is 106 cm³/mol. The lowest BCUT2D eigenvalue weighted by Gasteiger charge is -2.27. The van der Waals surface area contributed by atoms with Gasteiger partial charge < -0.3 is 19.9 Å². The summed E-state index contributed by atoms with van der Waals surface area (Å²) in [4.78, 5) is 28.2. The van der Waals surface area contributed by atoms with Gasteiger partial charge in [0.25, 0.3) is 0 Å². The third kappa shape index (κ3) is 3.10. The van der Waals surface area contributed by atoms with Crippen LogP contribution in [0.4, 0.5) is 0 Å². The molecule has 3 N–H and O–H groups in total. The van der Waals surface area contributed by atoms with Crippen LogP contribution in [0.25, 0.3) is 10.9 Å². The van der Waals surface area contributed by atoms with E-state index in [1.165, 1.54) is 25.1 Å². The Kier molecular flexibility index (Phi) is 5.08. The molecular weight excluding hydrogens is 382 g/mol. The van der Waals surface area contributed by atoms with Gasteiger partial charge in [0.15, 0.2) is 0 Å². The molecule has 1 aromatic heterocycles. The number of phenols is 1. The Bertz CT molecular complexity index is 1070. The highest BCUT2D eigenvalue weighted by Crippen LogP contribution is 2.41. The topological polar surface area (TPSA) is 99.6 Å². The summed E-state index contributed by atoms with van der Waals surface area (Å²) in [5, 5.41) is 20.8. The molecule has 3 aromatic rings. The smallest absolute Gasteiger partial charge is 0.340 e. The Labute approximate surface area is 166 Å². The third-order valence-corrected chi connectivity index (χ3v) is 5.14. The van der Waals surface area contributed by atoms with Crippen molar-refractivity contribution in [3.63, 3.8) is 0 Å². The molecule has 0 saturated heterocycles. The van der Waals surface area contributed by atoms with Crippen LogP contribution in [0.3, 0.4) is 0 Å². The average Bonchev–Trinajstić information content (AvgIpc) is 2.95. The van der Waals surface area contributed by atoms with Gasteiger partial charge in [-0.05, 0) is 56.2 Å². The van der Waals surface area contributed by atoms with Crippen molar-refractivity contribution in [1.82, 2.24) is 4.98 Å². The second-order valence-corrected chi connectivity index (χ2v) is 7.14. The Morgan fingerprint density at radius 3 is 2.57 bits per heavy atom. The quantitative estimate of drug-likeness (QED) is 0.550. The van der Waals surface area contributed by atoms with E-state index in [9.17, 15) is 19.8 Å². The van der Waals surface area contributed by atoms with E-state index >= 15 is 0 Å². The van der Waals surface area contributed by atoms with Gasteiger partial charge in [-0.2, -0.15) is 0 Å². The van der Waals surface area contributed by atoms with E-state index < -0.39 is 17.4 Å². The number of aliphatic carboxylic acids is 1. The summed E-state index contributed by atoms with van der Waals surface area (Å²) in [5.41, 5.74) is 0.626. The molecule has 1 atom stereocenters. The Balaban J connectivity index is 2.39. The van der Waals surface area contributed by atoms with Crippen molar-refractivity contribution in [1.29, 1.82) is 0 Å². The first-order valence-corrected chi connectivity index (χ1v) is 9.10. The van der Waals surface area contributed by atoms with Gasteiger partial charge in [0.2, 0.25) is 0 Å². The molecule has 0 spiro atoms. The Morgan fingerprint density at radius 1 is 1.25 bits per heavy atom. The molecule has 146 valence electrons. The number of halogens is 1. The van der Waals surface area contributed by atoms with Crippen molar-refractivity contribution in [3.8, 4) is 5.75 Å². The molecule has 0 aliphatic rings. The van der Waals surface area contributed by atoms with Crippen molar-refractivity contribution in [3.05, 3.63) is 63.8 Å². The Morgan fingerprint density at radius 2 is 1.96 bits per heavy atom. The number of fused-ring (bicyclic) bond motifs is 1. The van der Waals surface area contributed by atoms with Crippen LogP contribution in [0.2, 0.25) is 5.02 Å². The van der Waals surface area contributed by atoms with Gasteiger partial charge in [-0.25, -0.2) is 4.79 Å². The maximum Gasteiger partial charge on any atom is 0.340 e. The minimum atomic E-state index is -1.57. The van der Waals surface area contributed by atoms with Crippen LogP contribution in [0.1, 0.15) is 41.0 Å². The fourth-order valence-electron chi connectivity index (χ4n) is 3.51. The number of carbonyl (C=O) groups is 2. The van der Waals surface area contributed by atoms with Gasteiger partial charge in [0.1, 0.15) is 11.2 Å². The number of aryl methyl sites for hydroxylation is 1. The van der Waals surface area contributed by atoms with Crippen LogP contribution in [-0.4, -0.2) is 33.7 Å². The largest absolute Gasteiger partial charge is 0.508 e. The highest BCUT2D eigenvalue weighted by molar-refractivity contribution is 6.30. The van der Waals surface area contributed by atoms with E-state index in [0.29, 0.717) is 33.3 Å².